The van der Waals surface area contributed by atoms with Crippen LogP contribution >= 0.6 is 0 Å². The van der Waals surface area contributed by atoms with Crippen LogP contribution in [0, 0.1) is 25.2 Å². The summed E-state index contributed by atoms with van der Waals surface area (Å²) in [7, 11) is 3.32. The number of methoxy groups -OCH3 is 2. The van der Waals surface area contributed by atoms with Gasteiger partial charge in [-0.05, 0) is 56.2 Å². The zero-order valence-corrected chi connectivity index (χ0v) is 21.3. The first kappa shape index (κ1) is 26.5. The molecule has 0 bridgehead atoms. The van der Waals surface area contributed by atoms with Crippen LogP contribution in [0.3, 0.4) is 0 Å². The second-order valence-electron chi connectivity index (χ2n) is 8.82. The van der Waals surface area contributed by atoms with Crippen molar-refractivity contribution in [1.29, 1.82) is 5.26 Å². The molecule has 2 aromatic rings. The van der Waals surface area contributed by atoms with E-state index in [1.54, 1.807) is 20.3 Å². The number of nitrogens with one attached hydrogen (secondary N) is 1. The van der Waals surface area contributed by atoms with E-state index in [2.05, 4.69) is 27.8 Å². The molecule has 1 N–H and O–H groups in total. The Kier molecular flexibility index (Phi) is 9.49. The van der Waals surface area contributed by atoms with E-state index in [-0.39, 0.29) is 23.6 Å². The third kappa shape index (κ3) is 6.51. The Morgan fingerprint density at radius 1 is 1.23 bits per heavy atom. The quantitative estimate of drug-likeness (QED) is 0.414. The Bertz CT molecular complexity index is 1060. The molecular weight excluding hydrogens is 444 g/mol. The summed E-state index contributed by atoms with van der Waals surface area (Å²) in [5, 5.41) is 12.8. The van der Waals surface area contributed by atoms with E-state index >= 15 is 0 Å². The Morgan fingerprint density at radius 2 is 1.91 bits per heavy atom. The summed E-state index contributed by atoms with van der Waals surface area (Å²) in [5.74, 6) is 0.402. The van der Waals surface area contributed by atoms with Crippen molar-refractivity contribution in [3.05, 3.63) is 58.4 Å². The number of ether oxygens (including phenoxy) is 3. The van der Waals surface area contributed by atoms with Crippen LogP contribution in [-0.4, -0.2) is 69.0 Å². The topological polar surface area (TPSA) is 88.8 Å². The number of hydrogen-bond donors (Lipinski definition) is 1. The lowest BCUT2D eigenvalue weighted by molar-refractivity contribution is -0.117. The molecule has 8 nitrogen and oxygen atoms in total. The lowest BCUT2D eigenvalue weighted by Crippen LogP contribution is -2.44. The number of carbonyl (C=O) groups is 1. The average Bonchev–Trinajstić information content (AvgIpc) is 3.16. The number of carbonyl (C=O) groups excluding carboxylic acids is 1. The Labute approximate surface area is 208 Å². The lowest BCUT2D eigenvalue weighted by atomic mass is 10.0. The van der Waals surface area contributed by atoms with Gasteiger partial charge in [-0.2, -0.15) is 5.26 Å². The highest BCUT2D eigenvalue weighted by Crippen LogP contribution is 2.25. The second-order valence-corrected chi connectivity index (χ2v) is 8.82. The van der Waals surface area contributed by atoms with Gasteiger partial charge in [-0.15, -0.1) is 0 Å². The highest BCUT2D eigenvalue weighted by Gasteiger charge is 2.24. The third-order valence-corrected chi connectivity index (χ3v) is 6.48. The minimum Gasteiger partial charge on any atom is -0.497 e. The number of nitrogens with zero attached hydrogens (tertiary/aromatic N) is 3. The van der Waals surface area contributed by atoms with Crippen LogP contribution in [0.25, 0.3) is 6.08 Å². The van der Waals surface area contributed by atoms with Crippen LogP contribution in [0.15, 0.2) is 35.9 Å². The number of aryl methyl sites for hydroxylation is 1. The molecule has 8 heteroatoms. The number of aromatic nitrogens is 1. The molecule has 2 heterocycles. The third-order valence-electron chi connectivity index (χ3n) is 6.48. The molecule has 1 fully saturated rings. The van der Waals surface area contributed by atoms with Crippen molar-refractivity contribution in [3.63, 3.8) is 0 Å². The fraction of sp³-hybridized carbons (Fsp3) is 0.481. The predicted molar refractivity (Wildman–Crippen MR) is 135 cm³/mol. The highest BCUT2D eigenvalue weighted by molar-refractivity contribution is 6.01. The van der Waals surface area contributed by atoms with Gasteiger partial charge in [-0.1, -0.05) is 12.1 Å². The summed E-state index contributed by atoms with van der Waals surface area (Å²) < 4.78 is 18.3. The zero-order chi connectivity index (χ0) is 25.4. The number of hydrogen-bond acceptors (Lipinski definition) is 6. The van der Waals surface area contributed by atoms with Gasteiger partial charge in [0.15, 0.2) is 0 Å². The van der Waals surface area contributed by atoms with E-state index in [4.69, 9.17) is 14.2 Å². The molecular formula is C27H36N4O4. The minimum absolute atomic E-state index is 0.0337. The summed E-state index contributed by atoms with van der Waals surface area (Å²) >= 11 is 0. The Balaban J connectivity index is 1.78. The van der Waals surface area contributed by atoms with E-state index in [0.29, 0.717) is 26.4 Å². The van der Waals surface area contributed by atoms with Crippen LogP contribution < -0.4 is 10.1 Å². The van der Waals surface area contributed by atoms with Gasteiger partial charge in [0.05, 0.1) is 39.0 Å². The highest BCUT2D eigenvalue weighted by atomic mass is 16.5. The first-order valence-corrected chi connectivity index (χ1v) is 11.9. The fourth-order valence-electron chi connectivity index (χ4n) is 4.70. The molecule has 1 aliphatic heterocycles. The van der Waals surface area contributed by atoms with Gasteiger partial charge in [0.25, 0.3) is 5.91 Å². The van der Waals surface area contributed by atoms with Crippen LogP contribution in [0.2, 0.25) is 0 Å². The predicted octanol–water partition coefficient (Wildman–Crippen LogP) is 3.42. The maximum atomic E-state index is 13.0. The Morgan fingerprint density at radius 3 is 2.51 bits per heavy atom. The van der Waals surface area contributed by atoms with E-state index in [1.165, 1.54) is 0 Å². The van der Waals surface area contributed by atoms with E-state index in [9.17, 15) is 10.1 Å². The normalized spacial score (nSPS) is 16.4. The standard InChI is InChI=1S/C27H36N4O4/c1-19-14-23(21(3)31(19)20(2)18-33-4)15-24(16-28)27(32)29-17-26(30-10-12-35-13-11-30)22-6-8-25(34-5)9-7-22/h6-9,14-15,20,26H,10-13,17-18H2,1-5H3,(H,29,32)/b24-15-. The fourth-order valence-corrected chi connectivity index (χ4v) is 4.70. The molecule has 1 saturated heterocycles. The molecule has 1 amide bonds. The number of rotatable bonds is 10. The van der Waals surface area contributed by atoms with Crippen LogP contribution in [0.4, 0.5) is 0 Å². The van der Waals surface area contributed by atoms with Gasteiger partial charge in [0, 0.05) is 38.1 Å². The van der Waals surface area contributed by atoms with Crippen LogP contribution in [0.5, 0.6) is 5.75 Å². The summed E-state index contributed by atoms with van der Waals surface area (Å²) in [5.41, 5.74) is 4.07. The summed E-state index contributed by atoms with van der Waals surface area (Å²) in [6.07, 6.45) is 1.67. The second kappa shape index (κ2) is 12.5. The van der Waals surface area contributed by atoms with Gasteiger partial charge < -0.3 is 24.1 Å². The molecule has 0 spiro atoms. The van der Waals surface area contributed by atoms with E-state index in [1.807, 2.05) is 44.2 Å². The zero-order valence-electron chi connectivity index (χ0n) is 21.3. The maximum Gasteiger partial charge on any atom is 0.262 e. The first-order valence-electron chi connectivity index (χ1n) is 11.9. The molecule has 0 saturated carbocycles. The molecule has 2 unspecified atom stereocenters. The average molecular weight is 481 g/mol. The molecule has 1 aliphatic rings. The molecule has 2 atom stereocenters. The van der Waals surface area contributed by atoms with Crippen LogP contribution in [-0.2, 0) is 14.3 Å². The van der Waals surface area contributed by atoms with Gasteiger partial charge >= 0.3 is 0 Å². The molecule has 3 rings (SSSR count). The van der Waals surface area contributed by atoms with Gasteiger partial charge in [-0.25, -0.2) is 0 Å². The summed E-state index contributed by atoms with van der Waals surface area (Å²) in [4.78, 5) is 15.3. The van der Waals surface area contributed by atoms with Crippen molar-refractivity contribution in [2.24, 2.45) is 0 Å². The van der Waals surface area contributed by atoms with Crippen molar-refractivity contribution in [2.75, 3.05) is 53.7 Å². The number of morpholine rings is 1. The van der Waals surface area contributed by atoms with Crippen molar-refractivity contribution < 1.29 is 19.0 Å². The lowest BCUT2D eigenvalue weighted by Gasteiger charge is -2.35. The smallest absolute Gasteiger partial charge is 0.262 e. The molecule has 188 valence electrons. The van der Waals surface area contributed by atoms with Crippen molar-refractivity contribution in [1.82, 2.24) is 14.8 Å². The summed E-state index contributed by atoms with van der Waals surface area (Å²) in [6.45, 7) is 9.92. The number of nitriles is 1. The van der Waals surface area contributed by atoms with Crippen LogP contribution in [0.1, 0.15) is 41.5 Å². The molecule has 1 aromatic carbocycles. The Hall–Kier alpha value is -3.12. The van der Waals surface area contributed by atoms with Gasteiger partial charge in [0.1, 0.15) is 17.4 Å². The van der Waals surface area contributed by atoms with Gasteiger partial charge in [0.2, 0.25) is 0 Å². The maximum absolute atomic E-state index is 13.0. The first-order chi connectivity index (χ1) is 16.9. The van der Waals surface area contributed by atoms with Crippen molar-refractivity contribution >= 4 is 12.0 Å². The molecule has 0 radical (unpaired) electrons. The molecule has 35 heavy (non-hydrogen) atoms. The minimum atomic E-state index is -0.381. The van der Waals surface area contributed by atoms with Crippen molar-refractivity contribution in [3.8, 4) is 11.8 Å². The number of amides is 1. The largest absolute Gasteiger partial charge is 0.497 e. The van der Waals surface area contributed by atoms with Gasteiger partial charge in [-0.3, -0.25) is 9.69 Å². The number of benzene rings is 1. The van der Waals surface area contributed by atoms with E-state index < -0.39 is 0 Å². The van der Waals surface area contributed by atoms with Crippen molar-refractivity contribution in [2.45, 2.75) is 32.9 Å². The monoisotopic (exact) mass is 480 g/mol. The molecule has 0 aliphatic carbocycles. The SMILES string of the molecule is COCC(C)n1c(C)cc(/C=C(/C#N)C(=O)NCC(c2ccc(OC)cc2)N2CCOCC2)c1C. The molecule has 1 aromatic heterocycles. The van der Waals surface area contributed by atoms with E-state index in [0.717, 1.165) is 41.4 Å². The summed E-state index contributed by atoms with van der Waals surface area (Å²) in [6, 6.07) is 12.1.